The first-order valence-electron chi connectivity index (χ1n) is 8.91. The average molecular weight is 418 g/mol. The number of ether oxygens (including phenoxy) is 1. The molecule has 1 aromatic heterocycles. The second-order valence-corrected chi connectivity index (χ2v) is 6.91. The van der Waals surface area contributed by atoms with Crippen LogP contribution in [0.4, 0.5) is 11.4 Å². The van der Waals surface area contributed by atoms with Crippen molar-refractivity contribution in [3.63, 3.8) is 0 Å². The number of methoxy groups -OCH3 is 1. The SMILES string of the molecule is COC(=O)c1c(C)n(CCCNc2ccc([N+](=O)[O-])cc2Cl)c2ccc(O)cc12. The van der Waals surface area contributed by atoms with E-state index < -0.39 is 10.9 Å². The van der Waals surface area contributed by atoms with Gasteiger partial charge in [-0.25, -0.2) is 4.79 Å². The van der Waals surface area contributed by atoms with Crippen LogP contribution in [-0.2, 0) is 11.3 Å². The number of carbonyl (C=O) groups is 1. The zero-order valence-electron chi connectivity index (χ0n) is 15.9. The van der Waals surface area contributed by atoms with E-state index in [1.807, 2.05) is 11.5 Å². The minimum atomic E-state index is -0.494. The number of hydrogen-bond donors (Lipinski definition) is 2. The van der Waals surface area contributed by atoms with E-state index in [-0.39, 0.29) is 16.5 Å². The monoisotopic (exact) mass is 417 g/mol. The van der Waals surface area contributed by atoms with Gasteiger partial charge >= 0.3 is 5.97 Å². The summed E-state index contributed by atoms with van der Waals surface area (Å²) in [5, 5.41) is 24.7. The van der Waals surface area contributed by atoms with Crippen LogP contribution < -0.4 is 5.32 Å². The van der Waals surface area contributed by atoms with E-state index in [1.165, 1.54) is 19.2 Å². The summed E-state index contributed by atoms with van der Waals surface area (Å²) in [7, 11) is 1.33. The van der Waals surface area contributed by atoms with Crippen molar-refractivity contribution in [2.75, 3.05) is 19.0 Å². The molecule has 3 rings (SSSR count). The van der Waals surface area contributed by atoms with Gasteiger partial charge in [-0.2, -0.15) is 0 Å². The minimum Gasteiger partial charge on any atom is -0.508 e. The number of anilines is 1. The van der Waals surface area contributed by atoms with E-state index >= 15 is 0 Å². The van der Waals surface area contributed by atoms with E-state index in [0.29, 0.717) is 36.1 Å². The molecule has 0 aliphatic carbocycles. The predicted molar refractivity (Wildman–Crippen MR) is 111 cm³/mol. The molecule has 3 aromatic rings. The topological polar surface area (TPSA) is 107 Å². The van der Waals surface area contributed by atoms with Gasteiger partial charge in [0.25, 0.3) is 5.69 Å². The minimum absolute atomic E-state index is 0.0615. The maximum Gasteiger partial charge on any atom is 0.340 e. The largest absolute Gasteiger partial charge is 0.508 e. The predicted octanol–water partition coefficient (Wildman–Crippen LogP) is 4.51. The maximum absolute atomic E-state index is 12.2. The summed E-state index contributed by atoms with van der Waals surface area (Å²) in [6.07, 6.45) is 0.708. The third-order valence-electron chi connectivity index (χ3n) is 4.73. The molecule has 0 amide bonds. The van der Waals surface area contributed by atoms with Crippen LogP contribution in [0.15, 0.2) is 36.4 Å². The molecule has 0 atom stereocenters. The standard InChI is InChI=1S/C20H20ClN3O5/c1-12-19(20(26)29-2)15-11-14(25)5-7-18(15)23(12)9-3-8-22-17-6-4-13(24(27)28)10-16(17)21/h4-7,10-11,22,25H,3,8-9H2,1-2H3. The molecule has 0 spiro atoms. The first-order valence-corrected chi connectivity index (χ1v) is 9.29. The highest BCUT2D eigenvalue weighted by Crippen LogP contribution is 2.30. The number of non-ortho nitro benzene ring substituents is 1. The molecule has 0 radical (unpaired) electrons. The summed E-state index contributed by atoms with van der Waals surface area (Å²) in [6, 6.07) is 9.18. The van der Waals surface area contributed by atoms with Crippen molar-refractivity contribution in [2.45, 2.75) is 19.9 Å². The number of phenolic OH excluding ortho intramolecular Hbond substituents is 1. The van der Waals surface area contributed by atoms with E-state index in [2.05, 4.69) is 5.32 Å². The van der Waals surface area contributed by atoms with Gasteiger partial charge in [0.2, 0.25) is 0 Å². The van der Waals surface area contributed by atoms with Crippen molar-refractivity contribution in [1.82, 2.24) is 4.57 Å². The molecule has 2 aromatic carbocycles. The molecule has 8 nitrogen and oxygen atoms in total. The van der Waals surface area contributed by atoms with Gasteiger partial charge in [0.1, 0.15) is 5.75 Å². The fraction of sp³-hybridized carbons (Fsp3) is 0.250. The molecular weight excluding hydrogens is 398 g/mol. The Labute approximate surface area is 171 Å². The molecule has 152 valence electrons. The normalized spacial score (nSPS) is 10.9. The molecule has 9 heteroatoms. The lowest BCUT2D eigenvalue weighted by atomic mass is 10.1. The van der Waals surface area contributed by atoms with E-state index in [4.69, 9.17) is 16.3 Å². The number of nitro benzene ring substituents is 1. The fourth-order valence-corrected chi connectivity index (χ4v) is 3.58. The van der Waals surface area contributed by atoms with Crippen LogP contribution in [0.1, 0.15) is 22.5 Å². The van der Waals surface area contributed by atoms with Crippen molar-refractivity contribution in [3.05, 3.63) is 62.8 Å². The number of carbonyl (C=O) groups excluding carboxylic acids is 1. The van der Waals surface area contributed by atoms with E-state index in [1.54, 1.807) is 24.3 Å². The highest BCUT2D eigenvalue weighted by atomic mass is 35.5. The number of nitrogens with one attached hydrogen (secondary N) is 1. The van der Waals surface area contributed by atoms with Crippen LogP contribution >= 0.6 is 11.6 Å². The number of aryl methyl sites for hydroxylation is 1. The summed E-state index contributed by atoms with van der Waals surface area (Å²) >= 11 is 6.09. The summed E-state index contributed by atoms with van der Waals surface area (Å²) in [5.41, 5.74) is 2.57. The van der Waals surface area contributed by atoms with Crippen LogP contribution in [0.3, 0.4) is 0 Å². The third kappa shape index (κ3) is 4.12. The molecule has 0 saturated heterocycles. The summed E-state index contributed by atoms with van der Waals surface area (Å²) < 4.78 is 6.89. The Balaban J connectivity index is 1.75. The summed E-state index contributed by atoms with van der Waals surface area (Å²) in [5.74, 6) is -0.373. The molecule has 0 aliphatic heterocycles. The number of hydrogen-bond acceptors (Lipinski definition) is 6. The number of phenols is 1. The second kappa shape index (κ2) is 8.40. The second-order valence-electron chi connectivity index (χ2n) is 6.51. The molecule has 2 N–H and O–H groups in total. The molecule has 29 heavy (non-hydrogen) atoms. The number of aromatic nitrogens is 1. The molecular formula is C20H20ClN3O5. The quantitative estimate of drug-likeness (QED) is 0.253. The van der Waals surface area contributed by atoms with Gasteiger partial charge in [-0.3, -0.25) is 10.1 Å². The highest BCUT2D eigenvalue weighted by Gasteiger charge is 2.20. The first kappa shape index (κ1) is 20.5. The van der Waals surface area contributed by atoms with Gasteiger partial charge in [-0.05, 0) is 37.6 Å². The third-order valence-corrected chi connectivity index (χ3v) is 5.05. The average Bonchev–Trinajstić information content (AvgIpc) is 2.96. The van der Waals surface area contributed by atoms with Gasteiger partial charge in [-0.1, -0.05) is 11.6 Å². The number of aromatic hydroxyl groups is 1. The lowest BCUT2D eigenvalue weighted by molar-refractivity contribution is -0.384. The van der Waals surface area contributed by atoms with E-state index in [0.717, 1.165) is 11.2 Å². The van der Waals surface area contributed by atoms with Crippen LogP contribution in [0.5, 0.6) is 5.75 Å². The molecule has 0 unspecified atom stereocenters. The molecule has 0 bridgehead atoms. The number of fused-ring (bicyclic) bond motifs is 1. The van der Waals surface area contributed by atoms with Crippen molar-refractivity contribution in [3.8, 4) is 5.75 Å². The van der Waals surface area contributed by atoms with Crippen LogP contribution in [0.2, 0.25) is 5.02 Å². The Morgan fingerprint density at radius 3 is 2.72 bits per heavy atom. The Bertz CT molecular complexity index is 1090. The zero-order valence-corrected chi connectivity index (χ0v) is 16.7. The molecule has 0 aliphatic rings. The van der Waals surface area contributed by atoms with Crippen molar-refractivity contribution < 1.29 is 19.6 Å². The van der Waals surface area contributed by atoms with Gasteiger partial charge in [0.15, 0.2) is 0 Å². The van der Waals surface area contributed by atoms with Crippen LogP contribution in [-0.4, -0.2) is 34.2 Å². The highest BCUT2D eigenvalue weighted by molar-refractivity contribution is 6.33. The van der Waals surface area contributed by atoms with Gasteiger partial charge in [0.05, 0.1) is 28.3 Å². The summed E-state index contributed by atoms with van der Waals surface area (Å²) in [4.78, 5) is 22.5. The lowest BCUT2D eigenvalue weighted by Crippen LogP contribution is -2.09. The van der Waals surface area contributed by atoms with Gasteiger partial charge in [-0.15, -0.1) is 0 Å². The smallest absolute Gasteiger partial charge is 0.340 e. The van der Waals surface area contributed by atoms with Crippen LogP contribution in [0.25, 0.3) is 10.9 Å². The Morgan fingerprint density at radius 1 is 1.31 bits per heavy atom. The first-order chi connectivity index (χ1) is 13.8. The Morgan fingerprint density at radius 2 is 2.07 bits per heavy atom. The number of nitrogens with zero attached hydrogens (tertiary/aromatic N) is 2. The number of benzene rings is 2. The van der Waals surface area contributed by atoms with Crippen molar-refractivity contribution in [1.29, 1.82) is 0 Å². The lowest BCUT2D eigenvalue weighted by Gasteiger charge is -2.11. The number of rotatable bonds is 7. The fourth-order valence-electron chi connectivity index (χ4n) is 3.34. The van der Waals surface area contributed by atoms with Crippen molar-refractivity contribution in [2.24, 2.45) is 0 Å². The zero-order chi connectivity index (χ0) is 21.1. The Hall–Kier alpha value is -3.26. The molecule has 1 heterocycles. The van der Waals surface area contributed by atoms with Gasteiger partial charge in [0, 0.05) is 41.8 Å². The molecule has 0 saturated carbocycles. The van der Waals surface area contributed by atoms with Crippen molar-refractivity contribution >= 4 is 39.8 Å². The molecule has 0 fully saturated rings. The Kier molecular flexibility index (Phi) is 5.93. The summed E-state index contributed by atoms with van der Waals surface area (Å²) in [6.45, 7) is 3.02. The van der Waals surface area contributed by atoms with Gasteiger partial charge < -0.3 is 19.7 Å². The van der Waals surface area contributed by atoms with Crippen LogP contribution in [0, 0.1) is 17.0 Å². The number of nitro groups is 1. The maximum atomic E-state index is 12.2. The number of halogens is 1. The number of esters is 1. The van der Waals surface area contributed by atoms with E-state index in [9.17, 15) is 20.0 Å².